The van der Waals surface area contributed by atoms with Crippen LogP contribution in [0.25, 0.3) is 0 Å². The van der Waals surface area contributed by atoms with Crippen molar-refractivity contribution in [1.29, 1.82) is 0 Å². The minimum Gasteiger partial charge on any atom is -0.320 e. The SMILES string of the molecule is CS(=O)(=O)c1ccc(NC(=O)c2ccc(Cl)cc2F)cn1. The molecule has 0 aliphatic carbocycles. The van der Waals surface area contributed by atoms with Crippen molar-refractivity contribution in [2.75, 3.05) is 11.6 Å². The number of nitrogens with one attached hydrogen (secondary N) is 1. The Balaban J connectivity index is 2.20. The van der Waals surface area contributed by atoms with E-state index in [2.05, 4.69) is 10.3 Å². The maximum atomic E-state index is 13.6. The number of carbonyl (C=O) groups excluding carboxylic acids is 1. The Morgan fingerprint density at radius 3 is 2.52 bits per heavy atom. The molecule has 0 aliphatic heterocycles. The molecule has 0 radical (unpaired) electrons. The van der Waals surface area contributed by atoms with Crippen LogP contribution in [0.15, 0.2) is 41.6 Å². The third-order valence-corrected chi connectivity index (χ3v) is 3.79. The van der Waals surface area contributed by atoms with Crippen LogP contribution < -0.4 is 5.32 Å². The summed E-state index contributed by atoms with van der Waals surface area (Å²) in [6.45, 7) is 0. The lowest BCUT2D eigenvalue weighted by molar-refractivity contribution is 0.102. The van der Waals surface area contributed by atoms with Crippen molar-refractivity contribution in [2.45, 2.75) is 5.03 Å². The van der Waals surface area contributed by atoms with Gasteiger partial charge in [0.2, 0.25) is 0 Å². The lowest BCUT2D eigenvalue weighted by atomic mass is 10.2. The highest BCUT2D eigenvalue weighted by molar-refractivity contribution is 7.90. The molecule has 1 heterocycles. The zero-order valence-electron chi connectivity index (χ0n) is 10.8. The molecule has 0 bridgehead atoms. The Morgan fingerprint density at radius 1 is 1.29 bits per heavy atom. The van der Waals surface area contributed by atoms with Crippen LogP contribution in [0, 0.1) is 5.82 Å². The molecule has 0 atom stereocenters. The Morgan fingerprint density at radius 2 is 2.00 bits per heavy atom. The third-order valence-electron chi connectivity index (χ3n) is 2.55. The second-order valence-corrected chi connectivity index (χ2v) is 6.63. The number of amides is 1. The normalized spacial score (nSPS) is 11.2. The smallest absolute Gasteiger partial charge is 0.258 e. The molecule has 1 N–H and O–H groups in total. The Labute approximate surface area is 125 Å². The van der Waals surface area contributed by atoms with E-state index in [1.165, 1.54) is 30.5 Å². The number of anilines is 1. The fourth-order valence-corrected chi connectivity index (χ4v) is 2.26. The first-order valence-electron chi connectivity index (χ1n) is 5.70. The van der Waals surface area contributed by atoms with Crippen molar-refractivity contribution in [3.63, 3.8) is 0 Å². The highest BCUT2D eigenvalue weighted by Crippen LogP contribution is 2.17. The number of aromatic nitrogens is 1. The molecule has 8 heteroatoms. The van der Waals surface area contributed by atoms with Gasteiger partial charge in [-0.3, -0.25) is 4.79 Å². The zero-order valence-corrected chi connectivity index (χ0v) is 12.4. The van der Waals surface area contributed by atoms with Gasteiger partial charge in [0.25, 0.3) is 5.91 Å². The van der Waals surface area contributed by atoms with Gasteiger partial charge in [0.05, 0.1) is 17.4 Å². The molecule has 5 nitrogen and oxygen atoms in total. The number of halogens is 2. The Hall–Kier alpha value is -1.99. The van der Waals surface area contributed by atoms with Crippen LogP contribution in [-0.4, -0.2) is 25.6 Å². The largest absolute Gasteiger partial charge is 0.320 e. The number of nitrogens with zero attached hydrogens (tertiary/aromatic N) is 1. The average molecular weight is 329 g/mol. The van der Waals surface area contributed by atoms with Crippen molar-refractivity contribution < 1.29 is 17.6 Å². The summed E-state index contributed by atoms with van der Waals surface area (Å²) in [5.41, 5.74) is 0.0772. The van der Waals surface area contributed by atoms with Crippen molar-refractivity contribution >= 4 is 33.0 Å². The van der Waals surface area contributed by atoms with Crippen LogP contribution in [0.2, 0.25) is 5.02 Å². The maximum Gasteiger partial charge on any atom is 0.258 e. The first-order valence-corrected chi connectivity index (χ1v) is 7.97. The van der Waals surface area contributed by atoms with E-state index in [0.717, 1.165) is 12.3 Å². The van der Waals surface area contributed by atoms with Crippen molar-refractivity contribution in [3.8, 4) is 0 Å². The minimum absolute atomic E-state index is 0.113. The average Bonchev–Trinajstić information content (AvgIpc) is 2.38. The van der Waals surface area contributed by atoms with E-state index in [4.69, 9.17) is 11.6 Å². The second-order valence-electron chi connectivity index (χ2n) is 4.24. The number of hydrogen-bond donors (Lipinski definition) is 1. The van der Waals surface area contributed by atoms with E-state index in [9.17, 15) is 17.6 Å². The van der Waals surface area contributed by atoms with Gasteiger partial charge >= 0.3 is 0 Å². The first-order chi connectivity index (χ1) is 9.77. The fraction of sp³-hybridized carbons (Fsp3) is 0.0769. The number of pyridine rings is 1. The van der Waals surface area contributed by atoms with E-state index < -0.39 is 21.6 Å². The molecule has 1 aromatic carbocycles. The van der Waals surface area contributed by atoms with E-state index in [1.807, 2.05) is 0 Å². The molecule has 1 aromatic heterocycles. The van der Waals surface area contributed by atoms with Gasteiger partial charge in [0.15, 0.2) is 14.9 Å². The number of hydrogen-bond acceptors (Lipinski definition) is 4. The van der Waals surface area contributed by atoms with Gasteiger partial charge in [0, 0.05) is 11.3 Å². The molecule has 21 heavy (non-hydrogen) atoms. The number of benzene rings is 1. The van der Waals surface area contributed by atoms with Crippen molar-refractivity contribution in [1.82, 2.24) is 4.98 Å². The van der Waals surface area contributed by atoms with Gasteiger partial charge < -0.3 is 5.32 Å². The molecule has 0 saturated carbocycles. The molecular formula is C13H10ClFN2O3S. The number of rotatable bonds is 3. The lowest BCUT2D eigenvalue weighted by Gasteiger charge is -2.06. The molecule has 0 unspecified atom stereocenters. The molecule has 0 saturated heterocycles. The predicted octanol–water partition coefficient (Wildman–Crippen LogP) is 2.53. The molecule has 2 aromatic rings. The Kier molecular flexibility index (Phi) is 4.24. The van der Waals surface area contributed by atoms with Gasteiger partial charge in [-0.1, -0.05) is 11.6 Å². The third kappa shape index (κ3) is 3.77. The molecule has 1 amide bonds. The van der Waals surface area contributed by atoms with Crippen LogP contribution in [0.3, 0.4) is 0 Å². The van der Waals surface area contributed by atoms with Crippen molar-refractivity contribution in [2.24, 2.45) is 0 Å². The quantitative estimate of drug-likeness (QED) is 0.939. The number of carbonyl (C=O) groups is 1. The van der Waals surface area contributed by atoms with Gasteiger partial charge in [0.1, 0.15) is 5.82 Å². The molecule has 0 fully saturated rings. The molecule has 0 spiro atoms. The van der Waals surface area contributed by atoms with Gasteiger partial charge in [-0.15, -0.1) is 0 Å². The monoisotopic (exact) mass is 328 g/mol. The lowest BCUT2D eigenvalue weighted by Crippen LogP contribution is -2.14. The van der Waals surface area contributed by atoms with Crippen molar-refractivity contribution in [3.05, 3.63) is 52.9 Å². The van der Waals surface area contributed by atoms with Crippen LogP contribution in [0.4, 0.5) is 10.1 Å². The molecule has 0 aliphatic rings. The van der Waals surface area contributed by atoms with E-state index in [1.54, 1.807) is 0 Å². The van der Waals surface area contributed by atoms with Gasteiger partial charge in [-0.05, 0) is 30.3 Å². The van der Waals surface area contributed by atoms with E-state index in [0.29, 0.717) is 0 Å². The first kappa shape index (κ1) is 15.4. The highest BCUT2D eigenvalue weighted by Gasteiger charge is 2.13. The summed E-state index contributed by atoms with van der Waals surface area (Å²) in [5, 5.41) is 2.49. The molecule has 110 valence electrons. The summed E-state index contributed by atoms with van der Waals surface area (Å²) in [6.07, 6.45) is 2.21. The van der Waals surface area contributed by atoms with Crippen LogP contribution in [-0.2, 0) is 9.84 Å². The zero-order chi connectivity index (χ0) is 15.6. The van der Waals surface area contributed by atoms with Crippen LogP contribution in [0.5, 0.6) is 0 Å². The van der Waals surface area contributed by atoms with E-state index >= 15 is 0 Å². The summed E-state index contributed by atoms with van der Waals surface area (Å²) in [5.74, 6) is -1.43. The summed E-state index contributed by atoms with van der Waals surface area (Å²) in [6, 6.07) is 6.30. The van der Waals surface area contributed by atoms with Gasteiger partial charge in [-0.2, -0.15) is 0 Å². The van der Waals surface area contributed by atoms with Gasteiger partial charge in [-0.25, -0.2) is 17.8 Å². The molecular weight excluding hydrogens is 319 g/mol. The Bertz CT molecular complexity index is 792. The fourth-order valence-electron chi connectivity index (χ4n) is 1.55. The van der Waals surface area contributed by atoms with E-state index in [-0.39, 0.29) is 21.3 Å². The summed E-state index contributed by atoms with van der Waals surface area (Å²) >= 11 is 5.60. The summed E-state index contributed by atoms with van der Waals surface area (Å²) < 4.78 is 36.1. The van der Waals surface area contributed by atoms with Crippen LogP contribution in [0.1, 0.15) is 10.4 Å². The predicted molar refractivity (Wildman–Crippen MR) is 76.7 cm³/mol. The number of sulfone groups is 1. The molecule has 2 rings (SSSR count). The standard InChI is InChI=1S/C13H10ClFN2O3S/c1-21(19,20)12-5-3-9(7-16-12)17-13(18)10-4-2-8(14)6-11(10)15/h2-7H,1H3,(H,17,18). The summed E-state index contributed by atoms with van der Waals surface area (Å²) in [7, 11) is -3.41. The minimum atomic E-state index is -3.41. The maximum absolute atomic E-state index is 13.6. The second kappa shape index (κ2) is 5.79. The van der Waals surface area contributed by atoms with Crippen LogP contribution >= 0.6 is 11.6 Å². The highest BCUT2D eigenvalue weighted by atomic mass is 35.5. The topological polar surface area (TPSA) is 76.1 Å². The summed E-state index contributed by atoms with van der Waals surface area (Å²) in [4.78, 5) is 15.6.